The lowest BCUT2D eigenvalue weighted by atomic mass is 10.1. The topological polar surface area (TPSA) is 61.4 Å². The second-order valence-corrected chi connectivity index (χ2v) is 5.73. The van der Waals surface area contributed by atoms with Crippen LogP contribution >= 0.6 is 15.9 Å². The van der Waals surface area contributed by atoms with Crippen LogP contribution in [0.25, 0.3) is 0 Å². The van der Waals surface area contributed by atoms with Crippen molar-refractivity contribution in [3.8, 4) is 0 Å². The van der Waals surface area contributed by atoms with Crippen molar-refractivity contribution in [3.05, 3.63) is 34.3 Å². The Hall–Kier alpha value is -1.40. The molecule has 1 aromatic rings. The van der Waals surface area contributed by atoms with E-state index in [4.69, 9.17) is 0 Å². The fourth-order valence-electron chi connectivity index (χ4n) is 2.22. The molecule has 0 saturated carbocycles. The van der Waals surface area contributed by atoms with Gasteiger partial charge in [0.1, 0.15) is 0 Å². The second-order valence-electron chi connectivity index (χ2n) is 4.87. The highest BCUT2D eigenvalue weighted by molar-refractivity contribution is 9.10. The molecule has 2 rings (SSSR count). The van der Waals surface area contributed by atoms with Crippen LogP contribution in [0.1, 0.15) is 18.5 Å². The van der Waals surface area contributed by atoms with Gasteiger partial charge in [-0.15, -0.1) is 0 Å². The molecular formula is C14H18BrN3O2. The van der Waals surface area contributed by atoms with Crippen molar-refractivity contribution >= 4 is 27.7 Å². The first kappa shape index (κ1) is 15.0. The first-order valence-corrected chi connectivity index (χ1v) is 7.38. The second kappa shape index (κ2) is 6.85. The van der Waals surface area contributed by atoms with Crippen molar-refractivity contribution in [2.24, 2.45) is 0 Å². The molecule has 5 nitrogen and oxygen atoms in total. The van der Waals surface area contributed by atoms with Crippen LogP contribution in [0.2, 0.25) is 0 Å². The summed E-state index contributed by atoms with van der Waals surface area (Å²) in [4.78, 5) is 25.1. The Bertz CT molecular complexity index is 507. The molecule has 0 spiro atoms. The largest absolute Gasteiger partial charge is 0.354 e. The predicted molar refractivity (Wildman–Crippen MR) is 80.1 cm³/mol. The molecule has 1 atom stereocenters. The highest BCUT2D eigenvalue weighted by atomic mass is 79.9. The van der Waals surface area contributed by atoms with Gasteiger partial charge in [0.25, 0.3) is 0 Å². The highest BCUT2D eigenvalue weighted by Crippen LogP contribution is 2.22. The Labute approximate surface area is 126 Å². The first-order chi connectivity index (χ1) is 9.56. The maximum atomic E-state index is 12.0. The van der Waals surface area contributed by atoms with Gasteiger partial charge in [-0.1, -0.05) is 34.1 Å². The number of amides is 2. The van der Waals surface area contributed by atoms with Crippen LogP contribution < -0.4 is 10.6 Å². The third-order valence-electron chi connectivity index (χ3n) is 3.23. The van der Waals surface area contributed by atoms with Gasteiger partial charge in [-0.05, 0) is 18.6 Å². The van der Waals surface area contributed by atoms with Gasteiger partial charge < -0.3 is 10.6 Å². The van der Waals surface area contributed by atoms with Crippen LogP contribution in [0.5, 0.6) is 0 Å². The predicted octanol–water partition coefficient (Wildman–Crippen LogP) is 1.06. The SMILES string of the molecule is C[C@@H](NC(=O)CN1CCNC(=O)C1)c1ccccc1Br. The molecule has 0 aromatic heterocycles. The van der Waals surface area contributed by atoms with Gasteiger partial charge in [0.2, 0.25) is 11.8 Å². The molecule has 6 heteroatoms. The normalized spacial score (nSPS) is 17.4. The maximum absolute atomic E-state index is 12.0. The monoisotopic (exact) mass is 339 g/mol. The van der Waals surface area contributed by atoms with Crippen molar-refractivity contribution in [1.82, 2.24) is 15.5 Å². The Morgan fingerprint density at radius 3 is 2.95 bits per heavy atom. The Kier molecular flexibility index (Phi) is 5.14. The number of benzene rings is 1. The summed E-state index contributed by atoms with van der Waals surface area (Å²) in [7, 11) is 0. The summed E-state index contributed by atoms with van der Waals surface area (Å²) in [5.41, 5.74) is 1.04. The average molecular weight is 340 g/mol. The van der Waals surface area contributed by atoms with Crippen LogP contribution in [0, 0.1) is 0 Å². The van der Waals surface area contributed by atoms with Gasteiger partial charge in [-0.25, -0.2) is 0 Å². The number of carbonyl (C=O) groups excluding carboxylic acids is 2. The molecular weight excluding hydrogens is 322 g/mol. The minimum Gasteiger partial charge on any atom is -0.354 e. The molecule has 1 aliphatic heterocycles. The zero-order valence-electron chi connectivity index (χ0n) is 11.4. The Morgan fingerprint density at radius 2 is 2.25 bits per heavy atom. The van der Waals surface area contributed by atoms with E-state index in [9.17, 15) is 9.59 Å². The lowest BCUT2D eigenvalue weighted by Crippen LogP contribution is -2.50. The zero-order valence-corrected chi connectivity index (χ0v) is 12.9. The van der Waals surface area contributed by atoms with Crippen molar-refractivity contribution in [1.29, 1.82) is 0 Å². The minimum absolute atomic E-state index is 0.0251. The molecule has 108 valence electrons. The molecule has 0 aliphatic carbocycles. The molecule has 1 heterocycles. The summed E-state index contributed by atoms with van der Waals surface area (Å²) >= 11 is 3.48. The Morgan fingerprint density at radius 1 is 1.50 bits per heavy atom. The van der Waals surface area contributed by atoms with Crippen molar-refractivity contribution < 1.29 is 9.59 Å². The lowest BCUT2D eigenvalue weighted by Gasteiger charge is -2.26. The van der Waals surface area contributed by atoms with E-state index in [-0.39, 0.29) is 30.9 Å². The van der Waals surface area contributed by atoms with Crippen molar-refractivity contribution in [2.45, 2.75) is 13.0 Å². The van der Waals surface area contributed by atoms with Gasteiger partial charge in [0, 0.05) is 17.6 Å². The molecule has 1 aliphatic rings. The van der Waals surface area contributed by atoms with Gasteiger partial charge in [0.15, 0.2) is 0 Å². The van der Waals surface area contributed by atoms with Gasteiger partial charge in [-0.2, -0.15) is 0 Å². The number of hydrogen-bond donors (Lipinski definition) is 2. The van der Waals surface area contributed by atoms with Crippen LogP contribution in [-0.4, -0.2) is 42.9 Å². The standard InChI is InChI=1S/C14H18BrN3O2/c1-10(11-4-2-3-5-12(11)15)17-14(20)9-18-7-6-16-13(19)8-18/h2-5,10H,6-9H2,1H3,(H,16,19)(H,17,20)/t10-/m1/s1. The van der Waals surface area contributed by atoms with E-state index >= 15 is 0 Å². The van der Waals surface area contributed by atoms with Gasteiger partial charge >= 0.3 is 0 Å². The van der Waals surface area contributed by atoms with E-state index in [1.807, 2.05) is 36.1 Å². The lowest BCUT2D eigenvalue weighted by molar-refractivity contribution is -0.127. The summed E-state index contributed by atoms with van der Waals surface area (Å²) in [5, 5.41) is 5.70. The number of piperazine rings is 1. The van der Waals surface area contributed by atoms with E-state index in [2.05, 4.69) is 26.6 Å². The molecule has 20 heavy (non-hydrogen) atoms. The van der Waals surface area contributed by atoms with Crippen LogP contribution in [0.4, 0.5) is 0 Å². The third-order valence-corrected chi connectivity index (χ3v) is 3.96. The molecule has 1 aromatic carbocycles. The summed E-state index contributed by atoms with van der Waals surface area (Å²) < 4.78 is 0.977. The Balaban J connectivity index is 1.88. The summed E-state index contributed by atoms with van der Waals surface area (Å²) in [6.45, 7) is 3.80. The van der Waals surface area contributed by atoms with Crippen molar-refractivity contribution in [3.63, 3.8) is 0 Å². The number of hydrogen-bond acceptors (Lipinski definition) is 3. The van der Waals surface area contributed by atoms with Crippen molar-refractivity contribution in [2.75, 3.05) is 26.2 Å². The molecule has 1 fully saturated rings. The van der Waals surface area contributed by atoms with E-state index in [0.717, 1.165) is 10.0 Å². The molecule has 0 unspecified atom stereocenters. The van der Waals surface area contributed by atoms with Crippen LogP contribution in [0.15, 0.2) is 28.7 Å². The van der Waals surface area contributed by atoms with E-state index in [1.165, 1.54) is 0 Å². The molecule has 2 N–H and O–H groups in total. The van der Waals surface area contributed by atoms with Gasteiger partial charge in [-0.3, -0.25) is 14.5 Å². The smallest absolute Gasteiger partial charge is 0.234 e. The molecule has 1 saturated heterocycles. The summed E-state index contributed by atoms with van der Waals surface area (Å²) in [5.74, 6) is -0.0918. The first-order valence-electron chi connectivity index (χ1n) is 6.59. The average Bonchev–Trinajstić information content (AvgIpc) is 2.38. The number of rotatable bonds is 4. The highest BCUT2D eigenvalue weighted by Gasteiger charge is 2.19. The van der Waals surface area contributed by atoms with E-state index in [1.54, 1.807) is 0 Å². The number of nitrogens with zero attached hydrogens (tertiary/aromatic N) is 1. The summed E-state index contributed by atoms with van der Waals surface area (Å²) in [6, 6.07) is 7.74. The number of carbonyl (C=O) groups is 2. The van der Waals surface area contributed by atoms with E-state index in [0.29, 0.717) is 13.1 Å². The molecule has 0 radical (unpaired) electrons. The third kappa shape index (κ3) is 4.05. The number of halogens is 1. The molecule has 2 amide bonds. The zero-order chi connectivity index (χ0) is 14.5. The summed E-state index contributed by atoms with van der Waals surface area (Å²) in [6.07, 6.45) is 0. The minimum atomic E-state index is -0.0725. The fourth-order valence-corrected chi connectivity index (χ4v) is 2.85. The quantitative estimate of drug-likeness (QED) is 0.862. The van der Waals surface area contributed by atoms with Crippen LogP contribution in [0.3, 0.4) is 0 Å². The van der Waals surface area contributed by atoms with E-state index < -0.39 is 0 Å². The molecule has 0 bridgehead atoms. The fraction of sp³-hybridized carbons (Fsp3) is 0.429. The maximum Gasteiger partial charge on any atom is 0.234 e. The van der Waals surface area contributed by atoms with Gasteiger partial charge in [0.05, 0.1) is 19.1 Å². The number of nitrogens with one attached hydrogen (secondary N) is 2. The van der Waals surface area contributed by atoms with Crippen LogP contribution in [-0.2, 0) is 9.59 Å².